The lowest BCUT2D eigenvalue weighted by atomic mass is 10.2. The third kappa shape index (κ3) is 4.05. The van der Waals surface area contributed by atoms with Crippen LogP contribution in [0.3, 0.4) is 0 Å². The van der Waals surface area contributed by atoms with Crippen LogP contribution in [0.2, 0.25) is 0 Å². The smallest absolute Gasteiger partial charge is 0.352 e. The number of rotatable bonds is 6. The molecule has 2 unspecified atom stereocenters. The number of carboxylic acid groups (broad SMARTS) is 1. The number of sulfonamides is 1. The van der Waals surface area contributed by atoms with E-state index in [0.29, 0.717) is 0 Å². The van der Waals surface area contributed by atoms with Crippen molar-refractivity contribution in [2.45, 2.75) is 37.3 Å². The minimum Gasteiger partial charge on any atom is -0.477 e. The Morgan fingerprint density at radius 1 is 1.47 bits per heavy atom. The Morgan fingerprint density at radius 2 is 2.05 bits per heavy atom. The van der Waals surface area contributed by atoms with Crippen LogP contribution in [0.5, 0.6) is 0 Å². The van der Waals surface area contributed by atoms with E-state index in [-0.39, 0.29) is 17.0 Å². The van der Waals surface area contributed by atoms with Gasteiger partial charge < -0.3 is 14.8 Å². The number of hydrogen-bond acceptors (Lipinski definition) is 4. The van der Waals surface area contributed by atoms with Gasteiger partial charge in [-0.25, -0.2) is 17.9 Å². The molecule has 1 aromatic rings. The summed E-state index contributed by atoms with van der Waals surface area (Å²) in [7, 11) is -2.33. The fraction of sp³-hybridized carbons (Fsp3) is 0.545. The van der Waals surface area contributed by atoms with Gasteiger partial charge in [0, 0.05) is 19.3 Å². The quantitative estimate of drug-likeness (QED) is 0.691. The molecule has 0 spiro atoms. The van der Waals surface area contributed by atoms with Crippen LogP contribution < -0.4 is 4.72 Å². The molecule has 0 radical (unpaired) electrons. The number of aromatic carboxylic acids is 1. The largest absolute Gasteiger partial charge is 0.477 e. The zero-order valence-electron chi connectivity index (χ0n) is 11.0. The van der Waals surface area contributed by atoms with E-state index in [0.717, 1.165) is 6.07 Å². The highest BCUT2D eigenvalue weighted by atomic mass is 32.2. The molecule has 0 fully saturated rings. The second kappa shape index (κ2) is 5.72. The van der Waals surface area contributed by atoms with E-state index in [1.54, 1.807) is 13.8 Å². The highest BCUT2D eigenvalue weighted by molar-refractivity contribution is 7.89. The summed E-state index contributed by atoms with van der Waals surface area (Å²) in [5.74, 6) is -1.19. The van der Waals surface area contributed by atoms with Crippen molar-refractivity contribution in [1.82, 2.24) is 9.29 Å². The zero-order chi connectivity index (χ0) is 14.8. The van der Waals surface area contributed by atoms with Gasteiger partial charge in [0.05, 0.1) is 6.10 Å². The summed E-state index contributed by atoms with van der Waals surface area (Å²) in [6, 6.07) is 0.651. The Bertz CT molecular complexity index is 562. The lowest BCUT2D eigenvalue weighted by Gasteiger charge is -2.14. The first kappa shape index (κ1) is 15.7. The van der Waals surface area contributed by atoms with Crippen LogP contribution >= 0.6 is 0 Å². The molecule has 1 rings (SSSR count). The Balaban J connectivity index is 2.95. The predicted octanol–water partition coefficient (Wildman–Crippen LogP) is 0.161. The van der Waals surface area contributed by atoms with E-state index >= 15 is 0 Å². The summed E-state index contributed by atoms with van der Waals surface area (Å²) in [5.41, 5.74) is -0.108. The summed E-state index contributed by atoms with van der Waals surface area (Å²) in [6.45, 7) is 3.20. The molecule has 0 amide bonds. The molecule has 0 aliphatic carbocycles. The van der Waals surface area contributed by atoms with Crippen molar-refractivity contribution >= 4 is 16.0 Å². The summed E-state index contributed by atoms with van der Waals surface area (Å²) >= 11 is 0. The predicted molar refractivity (Wildman–Crippen MR) is 68.5 cm³/mol. The second-order valence-corrected chi connectivity index (χ2v) is 6.30. The van der Waals surface area contributed by atoms with Gasteiger partial charge in [-0.1, -0.05) is 0 Å². The van der Waals surface area contributed by atoms with Crippen molar-refractivity contribution in [2.24, 2.45) is 7.05 Å². The topological polar surface area (TPSA) is 109 Å². The average molecular weight is 290 g/mol. The molecule has 1 aromatic heterocycles. The van der Waals surface area contributed by atoms with E-state index in [1.165, 1.54) is 17.8 Å². The molecule has 0 aliphatic rings. The van der Waals surface area contributed by atoms with Gasteiger partial charge in [0.2, 0.25) is 10.0 Å². The highest BCUT2D eigenvalue weighted by Gasteiger charge is 2.22. The number of nitrogens with one attached hydrogen (secondary N) is 1. The van der Waals surface area contributed by atoms with E-state index in [2.05, 4.69) is 4.72 Å². The van der Waals surface area contributed by atoms with Crippen LogP contribution in [0.4, 0.5) is 0 Å². The molecule has 19 heavy (non-hydrogen) atoms. The molecule has 0 bridgehead atoms. The lowest BCUT2D eigenvalue weighted by Crippen LogP contribution is -2.34. The van der Waals surface area contributed by atoms with E-state index in [4.69, 9.17) is 5.11 Å². The summed E-state index contributed by atoms with van der Waals surface area (Å²) in [5, 5.41) is 18.1. The van der Waals surface area contributed by atoms with E-state index < -0.39 is 28.1 Å². The number of aliphatic hydroxyl groups excluding tert-OH is 1. The van der Waals surface area contributed by atoms with Crippen LogP contribution in [0.1, 0.15) is 30.8 Å². The SMILES string of the molecule is CC(O)CC(C)NS(=O)(=O)c1cc(C(=O)O)n(C)c1. The average Bonchev–Trinajstić information content (AvgIpc) is 2.58. The number of nitrogens with zero attached hydrogens (tertiary/aromatic N) is 1. The number of aryl methyl sites for hydroxylation is 1. The fourth-order valence-electron chi connectivity index (χ4n) is 1.79. The summed E-state index contributed by atoms with van der Waals surface area (Å²) in [6.07, 6.45) is 0.890. The number of carboxylic acids is 1. The van der Waals surface area contributed by atoms with Crippen molar-refractivity contribution in [2.75, 3.05) is 0 Å². The lowest BCUT2D eigenvalue weighted by molar-refractivity contribution is 0.0686. The molecule has 8 heteroatoms. The monoisotopic (exact) mass is 290 g/mol. The van der Waals surface area contributed by atoms with E-state index in [1.807, 2.05) is 0 Å². The van der Waals surface area contributed by atoms with Crippen LogP contribution in [-0.2, 0) is 17.1 Å². The number of carbonyl (C=O) groups is 1. The number of hydrogen-bond donors (Lipinski definition) is 3. The molecule has 0 saturated carbocycles. The van der Waals surface area contributed by atoms with Gasteiger partial charge in [0.15, 0.2) is 0 Å². The van der Waals surface area contributed by atoms with Gasteiger partial charge in [0.25, 0.3) is 0 Å². The van der Waals surface area contributed by atoms with E-state index in [9.17, 15) is 18.3 Å². The zero-order valence-corrected chi connectivity index (χ0v) is 11.8. The molecule has 0 aliphatic heterocycles. The third-order valence-corrected chi connectivity index (χ3v) is 4.12. The van der Waals surface area contributed by atoms with Crippen molar-refractivity contribution < 1.29 is 23.4 Å². The number of aliphatic hydroxyl groups is 1. The van der Waals surface area contributed by atoms with Crippen molar-refractivity contribution in [3.8, 4) is 0 Å². The first-order valence-corrected chi connectivity index (χ1v) is 7.22. The van der Waals surface area contributed by atoms with Crippen molar-refractivity contribution in [3.05, 3.63) is 18.0 Å². The summed E-state index contributed by atoms with van der Waals surface area (Å²) < 4.78 is 27.6. The van der Waals surface area contributed by atoms with Crippen molar-refractivity contribution in [1.29, 1.82) is 0 Å². The summed E-state index contributed by atoms with van der Waals surface area (Å²) in [4.78, 5) is 10.8. The van der Waals surface area contributed by atoms with Crippen LogP contribution in [0.15, 0.2) is 17.2 Å². The minimum absolute atomic E-state index is 0.107. The second-order valence-electron chi connectivity index (χ2n) is 4.58. The number of aromatic nitrogens is 1. The maximum Gasteiger partial charge on any atom is 0.352 e. The first-order chi connectivity index (χ1) is 8.63. The van der Waals surface area contributed by atoms with Gasteiger partial charge in [-0.3, -0.25) is 0 Å². The van der Waals surface area contributed by atoms with Gasteiger partial charge >= 0.3 is 5.97 Å². The molecular formula is C11H18N2O5S. The van der Waals surface area contributed by atoms with Crippen molar-refractivity contribution in [3.63, 3.8) is 0 Å². The molecular weight excluding hydrogens is 272 g/mol. The first-order valence-electron chi connectivity index (χ1n) is 5.73. The Kier molecular flexibility index (Phi) is 4.72. The molecule has 0 aromatic carbocycles. The van der Waals surface area contributed by atoms with Crippen LogP contribution in [0, 0.1) is 0 Å². The fourth-order valence-corrected chi connectivity index (χ4v) is 3.11. The molecule has 2 atom stereocenters. The van der Waals surface area contributed by atoms with Crippen LogP contribution in [-0.4, -0.2) is 41.3 Å². The molecule has 1 heterocycles. The minimum atomic E-state index is -3.79. The normalized spacial score (nSPS) is 15.2. The Labute approximate surface area is 111 Å². The maximum atomic E-state index is 12.0. The molecule has 0 saturated heterocycles. The Hall–Kier alpha value is -1.38. The Morgan fingerprint density at radius 3 is 2.47 bits per heavy atom. The standard InChI is InChI=1S/C11H18N2O5S/c1-7(4-8(2)14)12-19(17,18)9-5-10(11(15)16)13(3)6-9/h5-8,12,14H,4H2,1-3H3,(H,15,16). The van der Waals surface area contributed by atoms with Gasteiger partial charge in [-0.15, -0.1) is 0 Å². The van der Waals surface area contributed by atoms with Crippen LogP contribution in [0.25, 0.3) is 0 Å². The molecule has 7 nitrogen and oxygen atoms in total. The van der Waals surface area contributed by atoms with Gasteiger partial charge in [-0.2, -0.15) is 0 Å². The van der Waals surface area contributed by atoms with Gasteiger partial charge in [-0.05, 0) is 26.3 Å². The molecule has 3 N–H and O–H groups in total. The van der Waals surface area contributed by atoms with Gasteiger partial charge in [0.1, 0.15) is 10.6 Å². The highest BCUT2D eigenvalue weighted by Crippen LogP contribution is 2.14. The third-order valence-electron chi connectivity index (χ3n) is 2.56. The maximum absolute atomic E-state index is 12.0. The molecule has 108 valence electrons.